The lowest BCUT2D eigenvalue weighted by atomic mass is 10.1. The number of aryl methyl sites for hydroxylation is 3. The van der Waals surface area contributed by atoms with Gasteiger partial charge in [-0.3, -0.25) is 0 Å². The first-order valence-electron chi connectivity index (χ1n) is 4.88. The summed E-state index contributed by atoms with van der Waals surface area (Å²) in [6.45, 7) is 4.88. The van der Waals surface area contributed by atoms with Crippen LogP contribution in [0.4, 0.5) is 0 Å². The summed E-state index contributed by atoms with van der Waals surface area (Å²) < 4.78 is 2.16. The Morgan fingerprint density at radius 1 is 1.29 bits per heavy atom. The first-order valence-corrected chi connectivity index (χ1v) is 4.88. The van der Waals surface area contributed by atoms with Gasteiger partial charge in [-0.2, -0.15) is 0 Å². The summed E-state index contributed by atoms with van der Waals surface area (Å²) in [5.41, 5.74) is 10.9. The Labute approximate surface area is 84.3 Å². The third-order valence-corrected chi connectivity index (χ3v) is 2.71. The van der Waals surface area contributed by atoms with Crippen LogP contribution in [0.25, 0.3) is 10.9 Å². The number of hydrogen-bond acceptors (Lipinski definition) is 1. The van der Waals surface area contributed by atoms with E-state index in [0.717, 1.165) is 0 Å². The molecular weight excluding hydrogens is 172 g/mol. The summed E-state index contributed by atoms with van der Waals surface area (Å²) in [5.74, 6) is 0. The van der Waals surface area contributed by atoms with Crippen molar-refractivity contribution in [2.75, 3.05) is 0 Å². The zero-order valence-electron chi connectivity index (χ0n) is 8.96. The summed E-state index contributed by atoms with van der Waals surface area (Å²) >= 11 is 0. The van der Waals surface area contributed by atoms with E-state index in [1.54, 1.807) is 0 Å². The van der Waals surface area contributed by atoms with Crippen LogP contribution in [0.3, 0.4) is 0 Å². The fourth-order valence-electron chi connectivity index (χ4n) is 2.20. The topological polar surface area (TPSA) is 30.9 Å². The molecule has 0 aliphatic heterocycles. The molecule has 0 bridgehead atoms. The average molecular weight is 188 g/mol. The van der Waals surface area contributed by atoms with Crippen molar-refractivity contribution in [1.29, 1.82) is 0 Å². The van der Waals surface area contributed by atoms with Crippen molar-refractivity contribution in [3.8, 4) is 0 Å². The lowest BCUT2D eigenvalue weighted by molar-refractivity contribution is 0.945. The predicted molar refractivity (Wildman–Crippen MR) is 60.3 cm³/mol. The van der Waals surface area contributed by atoms with E-state index in [9.17, 15) is 0 Å². The van der Waals surface area contributed by atoms with E-state index >= 15 is 0 Å². The highest BCUT2D eigenvalue weighted by Crippen LogP contribution is 2.24. The van der Waals surface area contributed by atoms with Crippen LogP contribution in [-0.4, -0.2) is 4.57 Å². The summed E-state index contributed by atoms with van der Waals surface area (Å²) in [6, 6.07) is 4.42. The number of nitrogens with zero attached hydrogens (tertiary/aromatic N) is 1. The smallest absolute Gasteiger partial charge is 0.0510 e. The number of aromatic nitrogens is 1. The molecule has 0 atom stereocenters. The Balaban J connectivity index is 2.89. The van der Waals surface area contributed by atoms with Gasteiger partial charge in [0, 0.05) is 25.2 Å². The molecular formula is C12H16N2. The second-order valence-electron chi connectivity index (χ2n) is 3.95. The van der Waals surface area contributed by atoms with Crippen LogP contribution in [0.2, 0.25) is 0 Å². The van der Waals surface area contributed by atoms with Crippen LogP contribution in [0, 0.1) is 13.8 Å². The van der Waals surface area contributed by atoms with Gasteiger partial charge in [0.05, 0.1) is 5.52 Å². The van der Waals surface area contributed by atoms with Crippen LogP contribution in [-0.2, 0) is 13.6 Å². The zero-order chi connectivity index (χ0) is 10.3. The molecule has 2 nitrogen and oxygen atoms in total. The van der Waals surface area contributed by atoms with Crippen LogP contribution < -0.4 is 5.73 Å². The highest BCUT2D eigenvalue weighted by molar-refractivity contribution is 5.87. The quantitative estimate of drug-likeness (QED) is 0.731. The highest BCUT2D eigenvalue weighted by Gasteiger charge is 2.07. The van der Waals surface area contributed by atoms with E-state index in [4.69, 9.17) is 5.73 Å². The fourth-order valence-corrected chi connectivity index (χ4v) is 2.20. The number of benzene rings is 1. The van der Waals surface area contributed by atoms with Crippen molar-refractivity contribution in [2.24, 2.45) is 12.8 Å². The highest BCUT2D eigenvalue weighted by atomic mass is 14.9. The molecule has 2 N–H and O–H groups in total. The Bertz CT molecular complexity index is 481. The van der Waals surface area contributed by atoms with Gasteiger partial charge in [0.15, 0.2) is 0 Å². The molecule has 0 spiro atoms. The Morgan fingerprint density at radius 3 is 2.64 bits per heavy atom. The summed E-state index contributed by atoms with van der Waals surface area (Å²) in [5, 5.41) is 1.30. The molecule has 2 rings (SSSR count). The molecule has 0 saturated carbocycles. The lowest BCUT2D eigenvalue weighted by Crippen LogP contribution is -1.94. The second-order valence-corrected chi connectivity index (χ2v) is 3.95. The molecule has 0 amide bonds. The predicted octanol–water partition coefficient (Wildman–Crippen LogP) is 2.25. The number of nitrogens with two attached hydrogens (primary N) is 1. The summed E-state index contributed by atoms with van der Waals surface area (Å²) in [7, 11) is 2.07. The van der Waals surface area contributed by atoms with Crippen molar-refractivity contribution in [3.05, 3.63) is 35.0 Å². The monoisotopic (exact) mass is 188 g/mol. The first-order chi connectivity index (χ1) is 6.63. The molecule has 0 fully saturated rings. The minimum Gasteiger partial charge on any atom is -0.350 e. The second kappa shape index (κ2) is 3.14. The molecule has 0 saturated heterocycles. The van der Waals surface area contributed by atoms with Gasteiger partial charge in [-0.25, -0.2) is 0 Å². The Hall–Kier alpha value is -1.28. The van der Waals surface area contributed by atoms with Gasteiger partial charge < -0.3 is 10.3 Å². The molecule has 0 aliphatic rings. The van der Waals surface area contributed by atoms with E-state index in [1.165, 1.54) is 27.6 Å². The maximum atomic E-state index is 5.72. The molecule has 0 unspecified atom stereocenters. The van der Waals surface area contributed by atoms with E-state index in [1.807, 2.05) is 0 Å². The average Bonchev–Trinajstić information content (AvgIpc) is 2.42. The van der Waals surface area contributed by atoms with Gasteiger partial charge in [-0.1, -0.05) is 11.6 Å². The van der Waals surface area contributed by atoms with Gasteiger partial charge >= 0.3 is 0 Å². The van der Waals surface area contributed by atoms with Crippen molar-refractivity contribution in [3.63, 3.8) is 0 Å². The van der Waals surface area contributed by atoms with Gasteiger partial charge in [0.25, 0.3) is 0 Å². The number of rotatable bonds is 1. The summed E-state index contributed by atoms with van der Waals surface area (Å²) in [6.07, 6.45) is 2.12. The SMILES string of the molecule is Cc1cc(C)c2c(c1)c(CN)cn2C. The Morgan fingerprint density at radius 2 is 2.00 bits per heavy atom. The molecule has 1 heterocycles. The number of fused-ring (bicyclic) bond motifs is 1. The van der Waals surface area contributed by atoms with Crippen molar-refractivity contribution in [1.82, 2.24) is 4.57 Å². The fraction of sp³-hybridized carbons (Fsp3) is 0.333. The van der Waals surface area contributed by atoms with E-state index in [0.29, 0.717) is 6.54 Å². The van der Waals surface area contributed by atoms with Crippen molar-refractivity contribution in [2.45, 2.75) is 20.4 Å². The molecule has 14 heavy (non-hydrogen) atoms. The van der Waals surface area contributed by atoms with Gasteiger partial charge in [0.2, 0.25) is 0 Å². The summed E-state index contributed by atoms with van der Waals surface area (Å²) in [4.78, 5) is 0. The minimum atomic E-state index is 0.611. The lowest BCUT2D eigenvalue weighted by Gasteiger charge is -2.02. The van der Waals surface area contributed by atoms with Crippen molar-refractivity contribution < 1.29 is 0 Å². The zero-order valence-corrected chi connectivity index (χ0v) is 8.96. The molecule has 0 aliphatic carbocycles. The largest absolute Gasteiger partial charge is 0.350 e. The van der Waals surface area contributed by atoms with Crippen LogP contribution in [0.5, 0.6) is 0 Å². The van der Waals surface area contributed by atoms with E-state index in [-0.39, 0.29) is 0 Å². The first kappa shape index (κ1) is 9.28. The molecule has 1 aromatic heterocycles. The van der Waals surface area contributed by atoms with Crippen LogP contribution in [0.1, 0.15) is 16.7 Å². The van der Waals surface area contributed by atoms with Gasteiger partial charge in [0.1, 0.15) is 0 Å². The van der Waals surface area contributed by atoms with Crippen molar-refractivity contribution >= 4 is 10.9 Å². The maximum absolute atomic E-state index is 5.72. The maximum Gasteiger partial charge on any atom is 0.0510 e. The van der Waals surface area contributed by atoms with Gasteiger partial charge in [-0.15, -0.1) is 0 Å². The normalized spacial score (nSPS) is 11.1. The molecule has 1 aromatic carbocycles. The molecule has 2 heteroatoms. The van der Waals surface area contributed by atoms with Crippen LogP contribution >= 0.6 is 0 Å². The minimum absolute atomic E-state index is 0.611. The molecule has 0 radical (unpaired) electrons. The number of hydrogen-bond donors (Lipinski definition) is 1. The van der Waals surface area contributed by atoms with Crippen LogP contribution in [0.15, 0.2) is 18.3 Å². The van der Waals surface area contributed by atoms with Gasteiger partial charge in [-0.05, 0) is 31.0 Å². The third-order valence-electron chi connectivity index (χ3n) is 2.71. The Kier molecular flexibility index (Phi) is 2.08. The molecule has 2 aromatic rings. The molecule has 74 valence electrons. The van der Waals surface area contributed by atoms with E-state index < -0.39 is 0 Å². The third kappa shape index (κ3) is 1.23. The standard InChI is InChI=1S/C12H16N2/c1-8-4-9(2)12-11(5-8)10(6-13)7-14(12)3/h4-5,7H,6,13H2,1-3H3. The van der Waals surface area contributed by atoms with E-state index in [2.05, 4.69) is 43.8 Å².